The van der Waals surface area contributed by atoms with Crippen LogP contribution in [-0.2, 0) is 11.2 Å². The summed E-state index contributed by atoms with van der Waals surface area (Å²) >= 11 is 0. The minimum absolute atomic E-state index is 0.221. The molecule has 1 aliphatic rings. The number of ether oxygens (including phenoxy) is 3. The largest absolute Gasteiger partial charge is 0.503 e. The van der Waals surface area contributed by atoms with Crippen molar-refractivity contribution < 1.29 is 24.1 Å². The van der Waals surface area contributed by atoms with Crippen molar-refractivity contribution in [3.8, 4) is 17.2 Å². The van der Waals surface area contributed by atoms with Gasteiger partial charge >= 0.3 is 0 Å². The smallest absolute Gasteiger partial charge is 0.289 e. The maximum atomic E-state index is 13.2. The van der Waals surface area contributed by atoms with E-state index in [0.717, 1.165) is 16.7 Å². The molecule has 0 fully saturated rings. The van der Waals surface area contributed by atoms with E-state index in [1.165, 1.54) is 0 Å². The van der Waals surface area contributed by atoms with Gasteiger partial charge in [0.2, 0.25) is 0 Å². The second-order valence-electron chi connectivity index (χ2n) is 7.74. The lowest BCUT2D eigenvalue weighted by Crippen LogP contribution is -2.32. The summed E-state index contributed by atoms with van der Waals surface area (Å²) in [4.78, 5) is 14.9. The number of rotatable bonds is 8. The van der Waals surface area contributed by atoms with Crippen LogP contribution in [0.2, 0.25) is 0 Å². The minimum atomic E-state index is -0.396. The van der Waals surface area contributed by atoms with Crippen LogP contribution < -0.4 is 14.2 Å². The Morgan fingerprint density at radius 1 is 0.848 bits per heavy atom. The van der Waals surface area contributed by atoms with Gasteiger partial charge in [-0.15, -0.1) is 0 Å². The van der Waals surface area contributed by atoms with Crippen LogP contribution in [0.4, 0.5) is 0 Å². The van der Waals surface area contributed by atoms with Crippen molar-refractivity contribution in [2.75, 3.05) is 27.9 Å². The lowest BCUT2D eigenvalue weighted by Gasteiger charge is -2.27. The van der Waals surface area contributed by atoms with Gasteiger partial charge in [0.05, 0.1) is 27.4 Å². The molecule has 3 aromatic rings. The van der Waals surface area contributed by atoms with Crippen molar-refractivity contribution in [1.82, 2.24) is 4.90 Å². The van der Waals surface area contributed by atoms with Crippen molar-refractivity contribution >= 4 is 11.5 Å². The SMILES string of the molecule is COc1ccc(C2=C(O)C(=O)N(CCc3ccc(OC)c(OC)c3)[C@H]2c2ccccc2)cc1. The van der Waals surface area contributed by atoms with E-state index in [1.54, 1.807) is 26.2 Å². The maximum Gasteiger partial charge on any atom is 0.289 e. The van der Waals surface area contributed by atoms with E-state index < -0.39 is 6.04 Å². The first kappa shape index (κ1) is 22.3. The molecule has 6 nitrogen and oxygen atoms in total. The zero-order chi connectivity index (χ0) is 23.4. The minimum Gasteiger partial charge on any atom is -0.503 e. The van der Waals surface area contributed by atoms with Gasteiger partial charge in [0.25, 0.3) is 5.91 Å². The van der Waals surface area contributed by atoms with Crippen molar-refractivity contribution in [2.24, 2.45) is 0 Å². The number of carbonyl (C=O) groups is 1. The van der Waals surface area contributed by atoms with Gasteiger partial charge in [-0.1, -0.05) is 48.5 Å². The van der Waals surface area contributed by atoms with Crippen LogP contribution in [-0.4, -0.2) is 43.8 Å². The standard InChI is InChI=1S/C27H27NO5/c1-31-21-12-10-19(11-13-21)24-25(20-7-5-4-6-8-20)28(27(30)26(24)29)16-15-18-9-14-22(32-2)23(17-18)33-3/h4-14,17,25,29H,15-16H2,1-3H3/t25-/m0/s1. The molecule has 0 bridgehead atoms. The number of hydrogen-bond acceptors (Lipinski definition) is 5. The molecule has 0 spiro atoms. The van der Waals surface area contributed by atoms with Crippen LogP contribution in [0.3, 0.4) is 0 Å². The van der Waals surface area contributed by atoms with Crippen molar-refractivity contribution in [1.29, 1.82) is 0 Å². The molecule has 170 valence electrons. The van der Waals surface area contributed by atoms with Gasteiger partial charge in [-0.25, -0.2) is 0 Å². The molecule has 1 N–H and O–H groups in total. The number of hydrogen-bond donors (Lipinski definition) is 1. The monoisotopic (exact) mass is 445 g/mol. The second kappa shape index (κ2) is 9.69. The van der Waals surface area contributed by atoms with Crippen LogP contribution >= 0.6 is 0 Å². The first-order valence-corrected chi connectivity index (χ1v) is 10.7. The average Bonchev–Trinajstić information content (AvgIpc) is 3.12. The summed E-state index contributed by atoms with van der Waals surface area (Å²) in [7, 11) is 4.80. The van der Waals surface area contributed by atoms with Gasteiger partial charge in [0.15, 0.2) is 17.3 Å². The number of aliphatic hydroxyl groups excluding tert-OH is 1. The fourth-order valence-electron chi connectivity index (χ4n) is 4.22. The zero-order valence-corrected chi connectivity index (χ0v) is 18.9. The van der Waals surface area contributed by atoms with E-state index in [1.807, 2.05) is 72.8 Å². The van der Waals surface area contributed by atoms with Crippen molar-refractivity contribution in [3.63, 3.8) is 0 Å². The zero-order valence-electron chi connectivity index (χ0n) is 18.9. The molecule has 0 radical (unpaired) electrons. The third kappa shape index (κ3) is 4.37. The molecule has 1 atom stereocenters. The maximum absolute atomic E-state index is 13.2. The highest BCUT2D eigenvalue weighted by Crippen LogP contribution is 2.43. The molecular weight excluding hydrogens is 418 g/mol. The number of nitrogens with zero attached hydrogens (tertiary/aromatic N) is 1. The number of amides is 1. The van der Waals surface area contributed by atoms with Crippen LogP contribution in [0, 0.1) is 0 Å². The summed E-state index contributed by atoms with van der Waals surface area (Å²) in [6.45, 7) is 0.428. The Hall–Kier alpha value is -3.93. The highest BCUT2D eigenvalue weighted by atomic mass is 16.5. The molecule has 1 amide bonds. The van der Waals surface area contributed by atoms with Gasteiger partial charge in [-0.2, -0.15) is 0 Å². The first-order chi connectivity index (χ1) is 16.1. The fourth-order valence-corrected chi connectivity index (χ4v) is 4.22. The summed E-state index contributed by atoms with van der Waals surface area (Å²) in [5, 5.41) is 10.9. The van der Waals surface area contributed by atoms with Crippen molar-refractivity contribution in [3.05, 3.63) is 95.2 Å². The molecule has 0 unspecified atom stereocenters. The lowest BCUT2D eigenvalue weighted by atomic mass is 9.93. The van der Waals surface area contributed by atoms with Crippen LogP contribution in [0.5, 0.6) is 17.2 Å². The number of methoxy groups -OCH3 is 3. The van der Waals surface area contributed by atoms with E-state index >= 15 is 0 Å². The molecule has 6 heteroatoms. The van der Waals surface area contributed by atoms with E-state index in [0.29, 0.717) is 35.8 Å². The van der Waals surface area contributed by atoms with Crippen molar-refractivity contribution in [2.45, 2.75) is 12.5 Å². The quantitative estimate of drug-likeness (QED) is 0.539. The topological polar surface area (TPSA) is 68.2 Å². The van der Waals surface area contributed by atoms with E-state index in [9.17, 15) is 9.90 Å². The molecule has 4 rings (SSSR count). The highest BCUT2D eigenvalue weighted by Gasteiger charge is 2.40. The summed E-state index contributed by atoms with van der Waals surface area (Å²) in [5.74, 6) is 1.41. The summed E-state index contributed by atoms with van der Waals surface area (Å²) in [6, 6.07) is 22.5. The van der Waals surface area contributed by atoms with E-state index in [4.69, 9.17) is 14.2 Å². The molecule has 0 aromatic heterocycles. The van der Waals surface area contributed by atoms with Crippen LogP contribution in [0.1, 0.15) is 22.7 Å². The predicted molar refractivity (Wildman–Crippen MR) is 127 cm³/mol. The van der Waals surface area contributed by atoms with E-state index in [2.05, 4.69) is 0 Å². The number of carbonyl (C=O) groups excluding carboxylic acids is 1. The Balaban J connectivity index is 1.67. The third-order valence-corrected chi connectivity index (χ3v) is 5.91. The Labute approximate surface area is 193 Å². The predicted octanol–water partition coefficient (Wildman–Crippen LogP) is 4.81. The average molecular weight is 446 g/mol. The van der Waals surface area contributed by atoms with Crippen LogP contribution in [0.25, 0.3) is 5.57 Å². The van der Waals surface area contributed by atoms with Gasteiger partial charge in [-0.3, -0.25) is 4.79 Å². The highest BCUT2D eigenvalue weighted by molar-refractivity contribution is 6.05. The molecule has 0 aliphatic carbocycles. The normalized spacial score (nSPS) is 15.7. The molecule has 33 heavy (non-hydrogen) atoms. The Bertz CT molecular complexity index is 1150. The summed E-state index contributed by atoms with van der Waals surface area (Å²) < 4.78 is 16.0. The summed E-state index contributed by atoms with van der Waals surface area (Å²) in [5.41, 5.74) is 3.32. The molecule has 3 aromatic carbocycles. The second-order valence-corrected chi connectivity index (χ2v) is 7.74. The molecule has 0 saturated heterocycles. The van der Waals surface area contributed by atoms with Crippen LogP contribution in [0.15, 0.2) is 78.6 Å². The first-order valence-electron chi connectivity index (χ1n) is 10.7. The molecule has 0 saturated carbocycles. The van der Waals surface area contributed by atoms with Gasteiger partial charge in [0.1, 0.15) is 5.75 Å². The Kier molecular flexibility index (Phi) is 6.54. The fraction of sp³-hybridized carbons (Fsp3) is 0.222. The summed E-state index contributed by atoms with van der Waals surface area (Å²) in [6.07, 6.45) is 0.596. The number of benzene rings is 3. The van der Waals surface area contributed by atoms with Gasteiger partial charge in [0, 0.05) is 12.1 Å². The molecule has 1 aliphatic heterocycles. The molecule has 1 heterocycles. The lowest BCUT2D eigenvalue weighted by molar-refractivity contribution is -0.129. The Morgan fingerprint density at radius 2 is 1.55 bits per heavy atom. The Morgan fingerprint density at radius 3 is 2.18 bits per heavy atom. The number of aliphatic hydroxyl groups is 1. The van der Waals surface area contributed by atoms with Gasteiger partial charge < -0.3 is 24.2 Å². The molecular formula is C27H27NO5. The third-order valence-electron chi connectivity index (χ3n) is 5.91. The van der Waals surface area contributed by atoms with Gasteiger partial charge in [-0.05, 0) is 47.4 Å². The van der Waals surface area contributed by atoms with E-state index in [-0.39, 0.29) is 11.7 Å².